The molecule has 8 nitrogen and oxygen atoms in total. The molecule has 0 unspecified atom stereocenters. The fourth-order valence-corrected chi connectivity index (χ4v) is 4.07. The van der Waals surface area contributed by atoms with Crippen molar-refractivity contribution in [1.29, 1.82) is 0 Å². The topological polar surface area (TPSA) is 102 Å². The van der Waals surface area contributed by atoms with Crippen molar-refractivity contribution < 1.29 is 22.9 Å². The zero-order chi connectivity index (χ0) is 23.8. The number of halogens is 2. The lowest BCUT2D eigenvalue weighted by molar-refractivity contribution is -0.384. The smallest absolute Gasteiger partial charge is 0.322 e. The number of oxazole rings is 1. The van der Waals surface area contributed by atoms with E-state index in [9.17, 15) is 23.7 Å². The van der Waals surface area contributed by atoms with Crippen LogP contribution in [0, 0.1) is 21.7 Å². The van der Waals surface area contributed by atoms with E-state index < -0.39 is 16.6 Å². The fraction of sp³-hybridized carbons (Fsp3) is 0.167. The predicted molar refractivity (Wildman–Crippen MR) is 120 cm³/mol. The number of nitrogens with one attached hydrogen (secondary N) is 1. The summed E-state index contributed by atoms with van der Waals surface area (Å²) in [5.74, 6) is -1.46. The largest absolute Gasteiger partial charge is 0.438 e. The van der Waals surface area contributed by atoms with Gasteiger partial charge in [0.15, 0.2) is 17.2 Å². The molecule has 1 aromatic heterocycles. The Morgan fingerprint density at radius 1 is 1.06 bits per heavy atom. The summed E-state index contributed by atoms with van der Waals surface area (Å²) in [6, 6.07) is 13.7. The third-order valence-electron chi connectivity index (χ3n) is 5.79. The van der Waals surface area contributed by atoms with Crippen molar-refractivity contribution in [2.24, 2.45) is 0 Å². The van der Waals surface area contributed by atoms with Crippen LogP contribution >= 0.6 is 0 Å². The highest BCUT2D eigenvalue weighted by Crippen LogP contribution is 2.35. The highest BCUT2D eigenvalue weighted by Gasteiger charge is 2.33. The summed E-state index contributed by atoms with van der Waals surface area (Å²) in [6.45, 7) is 0.502. The quantitative estimate of drug-likeness (QED) is 0.293. The van der Waals surface area contributed by atoms with Crippen LogP contribution in [0.3, 0.4) is 0 Å². The van der Waals surface area contributed by atoms with Gasteiger partial charge in [-0.1, -0.05) is 12.1 Å². The van der Waals surface area contributed by atoms with E-state index >= 15 is 0 Å². The minimum Gasteiger partial charge on any atom is -0.438 e. The van der Waals surface area contributed by atoms with Crippen LogP contribution in [-0.2, 0) is 0 Å². The molecule has 2 heterocycles. The highest BCUT2D eigenvalue weighted by atomic mass is 19.2. The number of nitro benzene ring substituents is 1. The zero-order valence-electron chi connectivity index (χ0n) is 17.7. The van der Waals surface area contributed by atoms with E-state index in [4.69, 9.17) is 4.42 Å². The second-order valence-corrected chi connectivity index (χ2v) is 7.95. The molecular weight excluding hydrogens is 446 g/mol. The van der Waals surface area contributed by atoms with Crippen molar-refractivity contribution in [2.75, 3.05) is 11.9 Å². The van der Waals surface area contributed by atoms with Gasteiger partial charge >= 0.3 is 6.03 Å². The first-order chi connectivity index (χ1) is 16.4. The number of benzene rings is 3. The Kier molecular flexibility index (Phi) is 5.40. The summed E-state index contributed by atoms with van der Waals surface area (Å²) >= 11 is 0. The van der Waals surface area contributed by atoms with Gasteiger partial charge in [0.2, 0.25) is 5.89 Å². The van der Waals surface area contributed by atoms with E-state index in [1.807, 2.05) is 0 Å². The van der Waals surface area contributed by atoms with Crippen LogP contribution in [-0.4, -0.2) is 27.4 Å². The summed E-state index contributed by atoms with van der Waals surface area (Å²) in [5, 5.41) is 13.6. The molecule has 4 aromatic rings. The molecule has 1 aliphatic rings. The lowest BCUT2D eigenvalue weighted by atomic mass is 10.1. The third-order valence-corrected chi connectivity index (χ3v) is 5.79. The maximum absolute atomic E-state index is 13.6. The number of nitro groups is 1. The van der Waals surface area contributed by atoms with Crippen LogP contribution in [0.1, 0.15) is 24.8 Å². The summed E-state index contributed by atoms with van der Waals surface area (Å²) in [4.78, 5) is 29.4. The molecule has 3 aromatic carbocycles. The van der Waals surface area contributed by atoms with Crippen LogP contribution in [0.15, 0.2) is 65.1 Å². The van der Waals surface area contributed by atoms with Gasteiger partial charge in [0.25, 0.3) is 5.69 Å². The lowest BCUT2D eigenvalue weighted by Gasteiger charge is -2.22. The second kappa shape index (κ2) is 8.54. The number of carbonyl (C=O) groups excluding carboxylic acids is 1. The number of amides is 2. The highest BCUT2D eigenvalue weighted by molar-refractivity contribution is 5.90. The second-order valence-electron chi connectivity index (χ2n) is 7.95. The standard InChI is InChI=1S/C24H18F2N4O4/c25-18-9-3-14(12-19(18)26)15-4-10-22-20(13-15)28-23(34-22)21-2-1-11-29(21)24(31)27-16-5-7-17(8-6-16)30(32)33/h3-10,12-13,21H,1-2,11H2,(H,27,31)/t21-/m1/s1. The number of likely N-dealkylation sites (tertiary alicyclic amines) is 1. The van der Waals surface area contributed by atoms with E-state index in [2.05, 4.69) is 10.3 Å². The molecule has 0 radical (unpaired) electrons. The molecule has 0 spiro atoms. The van der Waals surface area contributed by atoms with Crippen LogP contribution in [0.5, 0.6) is 0 Å². The molecule has 172 valence electrons. The first-order valence-electron chi connectivity index (χ1n) is 10.6. The molecule has 1 aliphatic heterocycles. The Bertz CT molecular complexity index is 1400. The van der Waals surface area contributed by atoms with Crippen molar-refractivity contribution in [2.45, 2.75) is 18.9 Å². The molecule has 1 saturated heterocycles. The van der Waals surface area contributed by atoms with Gasteiger partial charge in [0.05, 0.1) is 4.92 Å². The van der Waals surface area contributed by atoms with E-state index in [1.165, 1.54) is 30.3 Å². The summed E-state index contributed by atoms with van der Waals surface area (Å²) in [5.41, 5.74) is 2.60. The van der Waals surface area contributed by atoms with Gasteiger partial charge in [-0.3, -0.25) is 10.1 Å². The Balaban J connectivity index is 1.37. The van der Waals surface area contributed by atoms with Gasteiger partial charge in [-0.05, 0) is 60.4 Å². The van der Waals surface area contributed by atoms with Crippen LogP contribution < -0.4 is 5.32 Å². The van der Waals surface area contributed by atoms with Crippen LogP contribution in [0.2, 0.25) is 0 Å². The Labute approximate surface area is 192 Å². The minimum absolute atomic E-state index is 0.0636. The van der Waals surface area contributed by atoms with Gasteiger partial charge in [-0.15, -0.1) is 0 Å². The van der Waals surface area contributed by atoms with Gasteiger partial charge in [0, 0.05) is 24.4 Å². The summed E-state index contributed by atoms with van der Waals surface area (Å²) in [6.07, 6.45) is 1.42. The molecule has 0 bridgehead atoms. The number of carbonyl (C=O) groups is 1. The van der Waals surface area contributed by atoms with Gasteiger partial charge in [-0.25, -0.2) is 18.6 Å². The molecule has 1 N–H and O–H groups in total. The molecule has 1 fully saturated rings. The number of anilines is 1. The molecule has 10 heteroatoms. The van der Waals surface area contributed by atoms with Crippen molar-refractivity contribution >= 4 is 28.5 Å². The Morgan fingerprint density at radius 3 is 2.53 bits per heavy atom. The predicted octanol–water partition coefficient (Wildman–Crippen LogP) is 6.05. The molecule has 5 rings (SSSR count). The maximum Gasteiger partial charge on any atom is 0.322 e. The van der Waals surface area contributed by atoms with E-state index in [1.54, 1.807) is 23.1 Å². The number of non-ortho nitro benzene ring substituents is 1. The number of urea groups is 1. The third kappa shape index (κ3) is 4.05. The lowest BCUT2D eigenvalue weighted by Crippen LogP contribution is -2.34. The Hall–Kier alpha value is -4.34. The van der Waals surface area contributed by atoms with E-state index in [0.29, 0.717) is 46.8 Å². The normalized spacial score (nSPS) is 15.6. The van der Waals surface area contributed by atoms with Gasteiger partial charge < -0.3 is 14.6 Å². The van der Waals surface area contributed by atoms with Crippen molar-refractivity contribution in [3.8, 4) is 11.1 Å². The molecule has 1 atom stereocenters. The first-order valence-corrected chi connectivity index (χ1v) is 10.6. The van der Waals surface area contributed by atoms with Crippen molar-refractivity contribution in [1.82, 2.24) is 9.88 Å². The minimum atomic E-state index is -0.931. The maximum atomic E-state index is 13.6. The number of aromatic nitrogens is 1. The number of fused-ring (bicyclic) bond motifs is 1. The van der Waals surface area contributed by atoms with E-state index in [-0.39, 0.29) is 17.8 Å². The van der Waals surface area contributed by atoms with Crippen molar-refractivity contribution in [3.63, 3.8) is 0 Å². The van der Waals surface area contributed by atoms with Crippen LogP contribution in [0.25, 0.3) is 22.2 Å². The van der Waals surface area contributed by atoms with Gasteiger partial charge in [0.1, 0.15) is 11.6 Å². The summed E-state index contributed by atoms with van der Waals surface area (Å²) in [7, 11) is 0. The molecular formula is C24H18F2N4O4. The average molecular weight is 464 g/mol. The number of rotatable bonds is 4. The number of nitrogens with zero attached hydrogens (tertiary/aromatic N) is 3. The first kappa shape index (κ1) is 21.5. The molecule has 0 saturated carbocycles. The zero-order valence-corrected chi connectivity index (χ0v) is 17.7. The molecule has 2 amide bonds. The Morgan fingerprint density at radius 2 is 1.79 bits per heavy atom. The summed E-state index contributed by atoms with van der Waals surface area (Å²) < 4.78 is 32.8. The average Bonchev–Trinajstić information content (AvgIpc) is 3.47. The van der Waals surface area contributed by atoms with Crippen LogP contribution in [0.4, 0.5) is 25.0 Å². The number of hydrogen-bond donors (Lipinski definition) is 1. The van der Waals surface area contributed by atoms with Gasteiger partial charge in [-0.2, -0.15) is 0 Å². The fourth-order valence-electron chi connectivity index (χ4n) is 4.07. The SMILES string of the molecule is O=C(Nc1ccc([N+](=O)[O-])cc1)N1CCC[C@@H]1c1nc2cc(-c3ccc(F)c(F)c3)ccc2o1. The molecule has 34 heavy (non-hydrogen) atoms. The molecule has 0 aliphatic carbocycles. The monoisotopic (exact) mass is 464 g/mol. The van der Waals surface area contributed by atoms with E-state index in [0.717, 1.165) is 18.6 Å². The van der Waals surface area contributed by atoms with Crippen molar-refractivity contribution in [3.05, 3.63) is 88.3 Å². The number of hydrogen-bond acceptors (Lipinski definition) is 5.